The SMILES string of the molecule is CNC1CCCCC1OCc1ccc([N+](=O)[O-])cc1Br. The van der Waals surface area contributed by atoms with Crippen LogP contribution in [0.2, 0.25) is 0 Å². The topological polar surface area (TPSA) is 64.4 Å². The molecule has 2 rings (SSSR count). The van der Waals surface area contributed by atoms with Crippen molar-refractivity contribution in [3.8, 4) is 0 Å². The summed E-state index contributed by atoms with van der Waals surface area (Å²) in [5, 5.41) is 14.0. The summed E-state index contributed by atoms with van der Waals surface area (Å²) in [6.07, 6.45) is 4.87. The smallest absolute Gasteiger partial charge is 0.270 e. The van der Waals surface area contributed by atoms with Crippen LogP contribution in [0.15, 0.2) is 22.7 Å². The van der Waals surface area contributed by atoms with E-state index in [0.29, 0.717) is 12.6 Å². The molecule has 5 nitrogen and oxygen atoms in total. The Bertz CT molecular complexity index is 481. The molecule has 2 unspecified atom stereocenters. The molecular weight excluding hydrogens is 324 g/mol. The highest BCUT2D eigenvalue weighted by molar-refractivity contribution is 9.10. The molecule has 1 aromatic rings. The van der Waals surface area contributed by atoms with E-state index in [1.807, 2.05) is 7.05 Å². The Hall–Kier alpha value is -0.980. The predicted octanol–water partition coefficient (Wildman–Crippen LogP) is 3.40. The van der Waals surface area contributed by atoms with Crippen molar-refractivity contribution in [2.24, 2.45) is 0 Å². The van der Waals surface area contributed by atoms with E-state index in [-0.39, 0.29) is 11.8 Å². The zero-order valence-corrected chi connectivity index (χ0v) is 13.1. The van der Waals surface area contributed by atoms with Gasteiger partial charge in [-0.3, -0.25) is 10.1 Å². The monoisotopic (exact) mass is 342 g/mol. The molecule has 1 fully saturated rings. The van der Waals surface area contributed by atoms with Gasteiger partial charge in [0.2, 0.25) is 0 Å². The van der Waals surface area contributed by atoms with Crippen molar-refractivity contribution in [3.05, 3.63) is 38.3 Å². The lowest BCUT2D eigenvalue weighted by molar-refractivity contribution is -0.384. The molecule has 0 aromatic heterocycles. The van der Waals surface area contributed by atoms with Crippen LogP contribution in [0.1, 0.15) is 31.2 Å². The molecule has 1 aliphatic rings. The quantitative estimate of drug-likeness (QED) is 0.657. The van der Waals surface area contributed by atoms with E-state index >= 15 is 0 Å². The summed E-state index contributed by atoms with van der Waals surface area (Å²) >= 11 is 3.37. The first-order valence-electron chi connectivity index (χ1n) is 6.83. The maximum Gasteiger partial charge on any atom is 0.270 e. The van der Waals surface area contributed by atoms with Crippen molar-refractivity contribution in [1.82, 2.24) is 5.32 Å². The lowest BCUT2D eigenvalue weighted by Gasteiger charge is -2.31. The highest BCUT2D eigenvalue weighted by Crippen LogP contribution is 2.26. The molecule has 0 aliphatic heterocycles. The number of ether oxygens (including phenoxy) is 1. The van der Waals surface area contributed by atoms with E-state index in [4.69, 9.17) is 4.74 Å². The Labute approximate surface area is 127 Å². The van der Waals surface area contributed by atoms with Gasteiger partial charge in [-0.1, -0.05) is 28.8 Å². The van der Waals surface area contributed by atoms with Crippen LogP contribution in [-0.2, 0) is 11.3 Å². The van der Waals surface area contributed by atoms with Gasteiger partial charge in [-0.25, -0.2) is 0 Å². The minimum Gasteiger partial charge on any atom is -0.372 e. The zero-order chi connectivity index (χ0) is 14.5. The van der Waals surface area contributed by atoms with Crippen LogP contribution in [0.4, 0.5) is 5.69 Å². The average molecular weight is 343 g/mol. The van der Waals surface area contributed by atoms with E-state index in [1.54, 1.807) is 6.07 Å². The van der Waals surface area contributed by atoms with Crippen LogP contribution in [0.5, 0.6) is 0 Å². The molecule has 1 aromatic carbocycles. The molecule has 1 saturated carbocycles. The number of rotatable bonds is 5. The van der Waals surface area contributed by atoms with Crippen LogP contribution < -0.4 is 5.32 Å². The van der Waals surface area contributed by atoms with Crippen LogP contribution >= 0.6 is 15.9 Å². The Morgan fingerprint density at radius 3 is 2.85 bits per heavy atom. The van der Waals surface area contributed by atoms with Crippen molar-refractivity contribution < 1.29 is 9.66 Å². The second-order valence-electron chi connectivity index (χ2n) is 5.06. The number of nitrogens with zero attached hydrogens (tertiary/aromatic N) is 1. The largest absolute Gasteiger partial charge is 0.372 e. The van der Waals surface area contributed by atoms with E-state index in [1.165, 1.54) is 25.0 Å². The summed E-state index contributed by atoms with van der Waals surface area (Å²) in [6.45, 7) is 0.474. The Kier molecular flexibility index (Phi) is 5.51. The Morgan fingerprint density at radius 1 is 1.45 bits per heavy atom. The number of benzene rings is 1. The molecule has 20 heavy (non-hydrogen) atoms. The van der Waals surface area contributed by atoms with Gasteiger partial charge < -0.3 is 10.1 Å². The molecule has 0 amide bonds. The number of hydrogen-bond donors (Lipinski definition) is 1. The van der Waals surface area contributed by atoms with Crippen molar-refractivity contribution >= 4 is 21.6 Å². The molecule has 0 bridgehead atoms. The van der Waals surface area contributed by atoms with Crippen molar-refractivity contribution in [1.29, 1.82) is 0 Å². The number of non-ortho nitro benzene ring substituents is 1. The molecule has 110 valence electrons. The average Bonchev–Trinajstić information content (AvgIpc) is 2.46. The maximum absolute atomic E-state index is 10.7. The fourth-order valence-electron chi connectivity index (χ4n) is 2.59. The summed E-state index contributed by atoms with van der Waals surface area (Å²) in [4.78, 5) is 10.3. The third kappa shape index (κ3) is 3.77. The molecule has 0 radical (unpaired) electrons. The van der Waals surface area contributed by atoms with Crippen molar-refractivity contribution in [2.75, 3.05) is 7.05 Å². The first kappa shape index (κ1) is 15.4. The van der Waals surface area contributed by atoms with Gasteiger partial charge in [-0.05, 0) is 31.5 Å². The Balaban J connectivity index is 1.98. The fourth-order valence-corrected chi connectivity index (χ4v) is 3.07. The van der Waals surface area contributed by atoms with Crippen LogP contribution in [0.25, 0.3) is 0 Å². The van der Waals surface area contributed by atoms with E-state index < -0.39 is 4.92 Å². The normalized spacial score (nSPS) is 22.7. The predicted molar refractivity (Wildman–Crippen MR) is 80.7 cm³/mol. The number of nitrogens with one attached hydrogen (secondary N) is 1. The number of nitro groups is 1. The molecule has 0 saturated heterocycles. The molecule has 1 N–H and O–H groups in total. The third-order valence-electron chi connectivity index (χ3n) is 3.77. The number of nitro benzene ring substituents is 1. The number of likely N-dealkylation sites (N-methyl/N-ethyl adjacent to an activating group) is 1. The minimum atomic E-state index is -0.395. The van der Waals surface area contributed by atoms with Gasteiger partial charge in [0.25, 0.3) is 5.69 Å². The summed E-state index contributed by atoms with van der Waals surface area (Å²) in [7, 11) is 1.97. The number of halogens is 1. The lowest BCUT2D eigenvalue weighted by atomic mass is 9.92. The second-order valence-corrected chi connectivity index (χ2v) is 5.92. The Morgan fingerprint density at radius 2 is 2.20 bits per heavy atom. The van der Waals surface area contributed by atoms with Crippen molar-refractivity contribution in [3.63, 3.8) is 0 Å². The summed E-state index contributed by atoms with van der Waals surface area (Å²) in [5.74, 6) is 0. The second kappa shape index (κ2) is 7.15. The lowest BCUT2D eigenvalue weighted by Crippen LogP contribution is -2.41. The summed E-state index contributed by atoms with van der Waals surface area (Å²) in [6, 6.07) is 5.19. The van der Waals surface area contributed by atoms with E-state index in [0.717, 1.165) is 22.9 Å². The van der Waals surface area contributed by atoms with E-state index in [9.17, 15) is 10.1 Å². The first-order chi connectivity index (χ1) is 9.61. The van der Waals surface area contributed by atoms with Crippen LogP contribution in [-0.4, -0.2) is 24.1 Å². The van der Waals surface area contributed by atoms with Gasteiger partial charge in [0.1, 0.15) is 0 Å². The first-order valence-corrected chi connectivity index (χ1v) is 7.63. The zero-order valence-electron chi connectivity index (χ0n) is 11.5. The molecule has 2 atom stereocenters. The third-order valence-corrected chi connectivity index (χ3v) is 4.51. The summed E-state index contributed by atoms with van der Waals surface area (Å²) < 4.78 is 6.72. The minimum absolute atomic E-state index is 0.0893. The molecule has 1 aliphatic carbocycles. The molecular formula is C14H19BrN2O3. The molecule has 0 heterocycles. The number of hydrogen-bond acceptors (Lipinski definition) is 4. The van der Waals surface area contributed by atoms with Crippen molar-refractivity contribution in [2.45, 2.75) is 44.4 Å². The van der Waals surface area contributed by atoms with E-state index in [2.05, 4.69) is 21.2 Å². The molecule has 0 spiro atoms. The van der Waals surface area contributed by atoms with Gasteiger partial charge in [0.05, 0.1) is 17.6 Å². The van der Waals surface area contributed by atoms with Crippen LogP contribution in [0, 0.1) is 10.1 Å². The fraction of sp³-hybridized carbons (Fsp3) is 0.571. The standard InChI is InChI=1S/C14H19BrN2O3/c1-16-13-4-2-3-5-14(13)20-9-10-6-7-11(17(18)19)8-12(10)15/h6-8,13-14,16H,2-5,9H2,1H3. The van der Waals surface area contributed by atoms with Gasteiger partial charge in [0.15, 0.2) is 0 Å². The highest BCUT2D eigenvalue weighted by atomic mass is 79.9. The van der Waals surface area contributed by atoms with Crippen LogP contribution in [0.3, 0.4) is 0 Å². The van der Waals surface area contributed by atoms with Gasteiger partial charge >= 0.3 is 0 Å². The summed E-state index contributed by atoms with van der Waals surface area (Å²) in [5.41, 5.74) is 1.03. The van der Waals surface area contributed by atoms with Gasteiger partial charge in [-0.2, -0.15) is 0 Å². The molecule has 6 heteroatoms. The van der Waals surface area contributed by atoms with Gasteiger partial charge in [0, 0.05) is 22.6 Å². The van der Waals surface area contributed by atoms with Gasteiger partial charge in [-0.15, -0.1) is 0 Å². The highest BCUT2D eigenvalue weighted by Gasteiger charge is 2.24. The maximum atomic E-state index is 10.7.